The van der Waals surface area contributed by atoms with Crippen LogP contribution in [0.15, 0.2) is 0 Å². The van der Waals surface area contributed by atoms with Crippen molar-refractivity contribution in [1.82, 2.24) is 10.2 Å². The van der Waals surface area contributed by atoms with E-state index in [1.807, 2.05) is 6.92 Å². The molecule has 0 spiro atoms. The summed E-state index contributed by atoms with van der Waals surface area (Å²) in [4.78, 5) is 0. The van der Waals surface area contributed by atoms with E-state index in [0.717, 1.165) is 49.8 Å². The van der Waals surface area contributed by atoms with Crippen molar-refractivity contribution < 1.29 is 0 Å². The lowest BCUT2D eigenvalue weighted by Crippen LogP contribution is -2.33. The van der Waals surface area contributed by atoms with Crippen LogP contribution in [0.4, 0.5) is 5.82 Å². The van der Waals surface area contributed by atoms with Crippen LogP contribution in [0.1, 0.15) is 56.4 Å². The van der Waals surface area contributed by atoms with Crippen LogP contribution < -0.4 is 11.1 Å². The Morgan fingerprint density at radius 3 is 2.45 bits per heavy atom. The molecule has 1 aliphatic carbocycles. The molecule has 1 aromatic rings. The van der Waals surface area contributed by atoms with Gasteiger partial charge in [-0.3, -0.25) is 0 Å². The minimum absolute atomic E-state index is 0.322. The number of hydrogen-bond acceptors (Lipinski definition) is 5. The van der Waals surface area contributed by atoms with Crippen molar-refractivity contribution in [3.8, 4) is 6.07 Å². The van der Waals surface area contributed by atoms with Crippen LogP contribution in [-0.2, 0) is 12.8 Å². The molecule has 1 heterocycles. The fourth-order valence-electron chi connectivity index (χ4n) is 2.85. The van der Waals surface area contributed by atoms with E-state index < -0.39 is 0 Å². The lowest BCUT2D eigenvalue weighted by Gasteiger charge is -2.27. The molecule has 1 aliphatic rings. The SMILES string of the molecule is CCc1nnc(NC2CCC(N)CC2)c(C#N)c1CC. The van der Waals surface area contributed by atoms with Crippen molar-refractivity contribution >= 4 is 5.82 Å². The van der Waals surface area contributed by atoms with Gasteiger partial charge < -0.3 is 11.1 Å². The minimum Gasteiger partial charge on any atom is -0.365 e. The second-order valence-corrected chi connectivity index (χ2v) is 5.42. The number of aryl methyl sites for hydroxylation is 1. The summed E-state index contributed by atoms with van der Waals surface area (Å²) in [5, 5.41) is 21.3. The van der Waals surface area contributed by atoms with Crippen LogP contribution in [0, 0.1) is 11.3 Å². The predicted octanol–water partition coefficient (Wildman–Crippen LogP) is 2.15. The zero-order valence-electron chi connectivity index (χ0n) is 12.3. The summed E-state index contributed by atoms with van der Waals surface area (Å²) in [5.74, 6) is 0.641. The highest BCUT2D eigenvalue weighted by Crippen LogP contribution is 2.24. The Bertz CT molecular complexity index is 498. The fraction of sp³-hybridized carbons (Fsp3) is 0.667. The van der Waals surface area contributed by atoms with E-state index in [-0.39, 0.29) is 0 Å². The number of nitrogens with zero attached hydrogens (tertiary/aromatic N) is 3. The molecule has 5 heteroatoms. The Morgan fingerprint density at radius 2 is 1.90 bits per heavy atom. The topological polar surface area (TPSA) is 87.6 Å². The standard InChI is InChI=1S/C15H23N5/c1-3-12-13(9-16)15(20-19-14(12)4-2)18-11-7-5-10(17)6-8-11/h10-11H,3-8,17H2,1-2H3,(H,18,20). The first-order valence-corrected chi connectivity index (χ1v) is 7.50. The van der Waals surface area contributed by atoms with Gasteiger partial charge in [0, 0.05) is 12.1 Å². The molecular weight excluding hydrogens is 250 g/mol. The number of nitriles is 1. The summed E-state index contributed by atoms with van der Waals surface area (Å²) in [6, 6.07) is 2.98. The number of anilines is 1. The van der Waals surface area contributed by atoms with Crippen LogP contribution in [-0.4, -0.2) is 22.3 Å². The van der Waals surface area contributed by atoms with Gasteiger partial charge in [0.1, 0.15) is 11.6 Å². The zero-order valence-corrected chi connectivity index (χ0v) is 12.3. The summed E-state index contributed by atoms with van der Waals surface area (Å²) in [6.07, 6.45) is 5.74. The van der Waals surface area contributed by atoms with E-state index >= 15 is 0 Å². The zero-order chi connectivity index (χ0) is 14.5. The third kappa shape index (κ3) is 3.07. The largest absolute Gasteiger partial charge is 0.365 e. The molecule has 108 valence electrons. The smallest absolute Gasteiger partial charge is 0.167 e. The van der Waals surface area contributed by atoms with Crippen molar-refractivity contribution in [2.24, 2.45) is 5.73 Å². The van der Waals surface area contributed by atoms with Crippen LogP contribution in [0.5, 0.6) is 0 Å². The lowest BCUT2D eigenvalue weighted by molar-refractivity contribution is 0.410. The van der Waals surface area contributed by atoms with Gasteiger partial charge in [0.15, 0.2) is 5.82 Å². The first kappa shape index (κ1) is 14.7. The molecule has 0 aliphatic heterocycles. The number of aromatic nitrogens is 2. The van der Waals surface area contributed by atoms with Crippen molar-refractivity contribution in [2.45, 2.75) is 64.5 Å². The minimum atomic E-state index is 0.322. The van der Waals surface area contributed by atoms with Crippen LogP contribution in [0.25, 0.3) is 0 Å². The Labute approximate surface area is 120 Å². The predicted molar refractivity (Wildman–Crippen MR) is 79.4 cm³/mol. The molecule has 0 unspecified atom stereocenters. The molecule has 2 rings (SSSR count). The van der Waals surface area contributed by atoms with Gasteiger partial charge in [0.25, 0.3) is 0 Å². The number of hydrogen-bond donors (Lipinski definition) is 2. The molecule has 0 radical (unpaired) electrons. The highest BCUT2D eigenvalue weighted by Gasteiger charge is 2.21. The Balaban J connectivity index is 2.22. The average Bonchev–Trinajstić information content (AvgIpc) is 2.48. The maximum atomic E-state index is 9.44. The molecule has 1 aromatic heterocycles. The van der Waals surface area contributed by atoms with Crippen LogP contribution >= 0.6 is 0 Å². The molecule has 0 aromatic carbocycles. The summed E-state index contributed by atoms with van der Waals surface area (Å²) < 4.78 is 0. The van der Waals surface area contributed by atoms with Gasteiger partial charge in [0.05, 0.1) is 5.69 Å². The monoisotopic (exact) mass is 273 g/mol. The molecule has 0 atom stereocenters. The summed E-state index contributed by atoms with van der Waals surface area (Å²) in [6.45, 7) is 4.10. The van der Waals surface area contributed by atoms with Gasteiger partial charge in [-0.15, -0.1) is 5.10 Å². The van der Waals surface area contributed by atoms with Crippen molar-refractivity contribution in [2.75, 3.05) is 5.32 Å². The van der Waals surface area contributed by atoms with Crippen molar-refractivity contribution in [3.05, 3.63) is 16.8 Å². The molecule has 1 saturated carbocycles. The third-order valence-corrected chi connectivity index (χ3v) is 4.07. The average molecular weight is 273 g/mol. The van der Waals surface area contributed by atoms with Gasteiger partial charge in [-0.25, -0.2) is 0 Å². The van der Waals surface area contributed by atoms with Crippen LogP contribution in [0.2, 0.25) is 0 Å². The fourth-order valence-corrected chi connectivity index (χ4v) is 2.85. The van der Waals surface area contributed by atoms with E-state index in [0.29, 0.717) is 23.5 Å². The molecule has 3 N–H and O–H groups in total. The molecule has 20 heavy (non-hydrogen) atoms. The normalized spacial score (nSPS) is 22.3. The quantitative estimate of drug-likeness (QED) is 0.877. The molecule has 0 saturated heterocycles. The number of nitrogens with two attached hydrogens (primary N) is 1. The van der Waals surface area contributed by atoms with E-state index in [1.165, 1.54) is 0 Å². The second kappa shape index (κ2) is 6.67. The maximum Gasteiger partial charge on any atom is 0.167 e. The highest BCUT2D eigenvalue weighted by molar-refractivity contribution is 5.56. The van der Waals surface area contributed by atoms with Gasteiger partial charge in [-0.05, 0) is 44.1 Å². The van der Waals surface area contributed by atoms with Gasteiger partial charge in [0.2, 0.25) is 0 Å². The van der Waals surface area contributed by atoms with Crippen molar-refractivity contribution in [3.63, 3.8) is 0 Å². The maximum absolute atomic E-state index is 9.44. The molecule has 0 bridgehead atoms. The first-order chi connectivity index (χ1) is 9.69. The van der Waals surface area contributed by atoms with E-state index in [9.17, 15) is 5.26 Å². The summed E-state index contributed by atoms with van der Waals surface area (Å²) in [7, 11) is 0. The van der Waals surface area contributed by atoms with E-state index in [1.54, 1.807) is 0 Å². The van der Waals surface area contributed by atoms with E-state index in [2.05, 4.69) is 28.5 Å². The Kier molecular flexibility index (Phi) is 4.91. The number of nitrogens with one attached hydrogen (secondary N) is 1. The first-order valence-electron chi connectivity index (χ1n) is 7.50. The van der Waals surface area contributed by atoms with Crippen molar-refractivity contribution in [1.29, 1.82) is 5.26 Å². The molecule has 5 nitrogen and oxygen atoms in total. The summed E-state index contributed by atoms with van der Waals surface area (Å²) >= 11 is 0. The second-order valence-electron chi connectivity index (χ2n) is 5.42. The lowest BCUT2D eigenvalue weighted by atomic mass is 9.91. The molecular formula is C15H23N5. The Morgan fingerprint density at radius 1 is 1.20 bits per heavy atom. The summed E-state index contributed by atoms with van der Waals surface area (Å²) in [5.41, 5.74) is 8.54. The third-order valence-electron chi connectivity index (χ3n) is 4.07. The van der Waals surface area contributed by atoms with E-state index in [4.69, 9.17) is 5.73 Å². The molecule has 0 amide bonds. The molecule has 1 fully saturated rings. The van der Waals surface area contributed by atoms with Gasteiger partial charge in [-0.2, -0.15) is 10.4 Å². The Hall–Kier alpha value is -1.67. The van der Waals surface area contributed by atoms with Gasteiger partial charge >= 0.3 is 0 Å². The number of rotatable bonds is 4. The highest BCUT2D eigenvalue weighted by atomic mass is 15.2. The van der Waals surface area contributed by atoms with Gasteiger partial charge in [-0.1, -0.05) is 13.8 Å². The van der Waals surface area contributed by atoms with Crippen LogP contribution in [0.3, 0.4) is 0 Å².